The molecule has 0 fully saturated rings. The van der Waals surface area contributed by atoms with Gasteiger partial charge in [-0.15, -0.1) is 0 Å². The van der Waals surface area contributed by atoms with Crippen molar-refractivity contribution < 1.29 is 0 Å². The zero-order valence-corrected chi connectivity index (χ0v) is 34.0. The van der Waals surface area contributed by atoms with Crippen LogP contribution in [0.5, 0.6) is 0 Å². The van der Waals surface area contributed by atoms with Crippen LogP contribution in [-0.2, 0) is 0 Å². The molecule has 2 nitrogen and oxygen atoms in total. The second-order valence-corrected chi connectivity index (χ2v) is 16.1. The molecule has 2 aromatic heterocycles. The first-order valence-electron chi connectivity index (χ1n) is 21.3. The van der Waals surface area contributed by atoms with Crippen molar-refractivity contribution in [1.29, 1.82) is 0 Å². The van der Waals surface area contributed by atoms with E-state index < -0.39 is 0 Å². The fourth-order valence-corrected chi connectivity index (χ4v) is 9.57. The first-order valence-corrected chi connectivity index (χ1v) is 21.3. The van der Waals surface area contributed by atoms with Gasteiger partial charge in [0.05, 0.1) is 22.1 Å². The van der Waals surface area contributed by atoms with Gasteiger partial charge in [0.1, 0.15) is 0 Å². The molecule has 0 radical (unpaired) electrons. The van der Waals surface area contributed by atoms with E-state index in [9.17, 15) is 0 Å². The number of hydrogen-bond donors (Lipinski definition) is 0. The monoisotopic (exact) mass is 788 g/mol. The van der Waals surface area contributed by atoms with Crippen LogP contribution < -0.4 is 0 Å². The lowest BCUT2D eigenvalue weighted by molar-refractivity contribution is 1.18. The van der Waals surface area contributed by atoms with Crippen molar-refractivity contribution in [1.82, 2.24) is 9.13 Å². The normalized spacial score (nSPS) is 11.5. The topological polar surface area (TPSA) is 9.86 Å². The van der Waals surface area contributed by atoms with Gasteiger partial charge in [0.2, 0.25) is 0 Å². The maximum absolute atomic E-state index is 2.45. The lowest BCUT2D eigenvalue weighted by atomic mass is 9.98. The molecule has 0 N–H and O–H groups in total. The standard InChI is InChI=1S/C60H40N2/c1-5-16-41(17-6-1)44-28-32-50(33-29-44)62-59-35-31-47(40-56(59)54-26-15-25-52(60(54)62)45-22-11-4-12-23-45)46-30-34-58-55(39-46)53-24-13-14-27-57(53)61(58)51-37-48(42-18-7-2-8-19-42)36-49(38-51)43-20-9-3-10-21-43/h1-40H. The molecule has 0 aliphatic carbocycles. The van der Waals surface area contributed by atoms with E-state index in [4.69, 9.17) is 0 Å². The Bertz CT molecular complexity index is 3520. The SMILES string of the molecule is c1ccc(-c2ccc(-n3c4ccc(-c5ccc6c(c5)c5ccccc5n6-c5cc(-c6ccccc6)cc(-c6ccccc6)c5)cc4c4cccc(-c5ccccc5)c43)cc2)cc1. The lowest BCUT2D eigenvalue weighted by Crippen LogP contribution is -1.96. The van der Waals surface area contributed by atoms with Gasteiger partial charge in [-0.1, -0.05) is 182 Å². The van der Waals surface area contributed by atoms with Crippen LogP contribution in [0, 0.1) is 0 Å². The summed E-state index contributed by atoms with van der Waals surface area (Å²) in [5, 5.41) is 4.94. The molecule has 62 heavy (non-hydrogen) atoms. The predicted molar refractivity (Wildman–Crippen MR) is 262 cm³/mol. The molecule has 0 saturated heterocycles. The number of aromatic nitrogens is 2. The number of nitrogens with zero attached hydrogens (tertiary/aromatic N) is 2. The molecule has 0 saturated carbocycles. The first-order chi connectivity index (χ1) is 30.7. The molecular formula is C60H40N2. The second kappa shape index (κ2) is 14.8. The zero-order chi connectivity index (χ0) is 41.0. The quantitative estimate of drug-likeness (QED) is 0.152. The van der Waals surface area contributed by atoms with Gasteiger partial charge in [-0.2, -0.15) is 0 Å². The van der Waals surface area contributed by atoms with Crippen molar-refractivity contribution >= 4 is 43.6 Å². The smallest absolute Gasteiger partial charge is 0.0619 e. The molecule has 0 aliphatic rings. The van der Waals surface area contributed by atoms with Crippen molar-refractivity contribution in [2.24, 2.45) is 0 Å². The average molecular weight is 789 g/mol. The number of hydrogen-bond acceptors (Lipinski definition) is 0. The van der Waals surface area contributed by atoms with Gasteiger partial charge in [-0.05, 0) is 111 Å². The number of benzene rings is 10. The third-order valence-corrected chi connectivity index (χ3v) is 12.5. The molecule has 0 atom stereocenters. The van der Waals surface area contributed by atoms with Crippen molar-refractivity contribution in [3.05, 3.63) is 243 Å². The molecule has 0 aliphatic heterocycles. The van der Waals surface area contributed by atoms with Crippen LogP contribution in [0.2, 0.25) is 0 Å². The third-order valence-electron chi connectivity index (χ3n) is 12.5. The van der Waals surface area contributed by atoms with Crippen LogP contribution in [0.4, 0.5) is 0 Å². The van der Waals surface area contributed by atoms with E-state index in [1.807, 2.05) is 0 Å². The molecule has 0 unspecified atom stereocenters. The van der Waals surface area contributed by atoms with Crippen LogP contribution >= 0.6 is 0 Å². The van der Waals surface area contributed by atoms with Crippen LogP contribution in [0.3, 0.4) is 0 Å². The summed E-state index contributed by atoms with van der Waals surface area (Å²) in [6.45, 7) is 0. The van der Waals surface area contributed by atoms with Gasteiger partial charge >= 0.3 is 0 Å². The largest absolute Gasteiger partial charge is 0.309 e. The second-order valence-electron chi connectivity index (χ2n) is 16.1. The minimum absolute atomic E-state index is 1.14. The fraction of sp³-hybridized carbons (Fsp3) is 0. The molecule has 0 amide bonds. The van der Waals surface area contributed by atoms with E-state index in [1.54, 1.807) is 0 Å². The average Bonchev–Trinajstić information content (AvgIpc) is 3.87. The Morgan fingerprint density at radius 2 is 0.645 bits per heavy atom. The van der Waals surface area contributed by atoms with Crippen LogP contribution in [0.25, 0.3) is 111 Å². The maximum atomic E-state index is 2.45. The summed E-state index contributed by atoms with van der Waals surface area (Å²) in [7, 11) is 0. The summed E-state index contributed by atoms with van der Waals surface area (Å²) in [4.78, 5) is 0. The van der Waals surface area contributed by atoms with Crippen molar-refractivity contribution in [3.63, 3.8) is 0 Å². The molecule has 10 aromatic carbocycles. The Labute approximate surface area is 360 Å². The van der Waals surface area contributed by atoms with Crippen molar-refractivity contribution in [2.45, 2.75) is 0 Å². The minimum Gasteiger partial charge on any atom is -0.309 e. The van der Waals surface area contributed by atoms with E-state index in [2.05, 4.69) is 252 Å². The van der Waals surface area contributed by atoms with E-state index in [1.165, 1.54) is 99.2 Å². The minimum atomic E-state index is 1.14. The number of rotatable bonds is 7. The fourth-order valence-electron chi connectivity index (χ4n) is 9.57. The predicted octanol–water partition coefficient (Wildman–Crippen LogP) is 16.2. The van der Waals surface area contributed by atoms with Crippen molar-refractivity contribution in [3.8, 4) is 67.0 Å². The first kappa shape index (κ1) is 35.7. The van der Waals surface area contributed by atoms with Gasteiger partial charge in [0.25, 0.3) is 0 Å². The Morgan fingerprint density at radius 1 is 0.210 bits per heavy atom. The van der Waals surface area contributed by atoms with E-state index in [-0.39, 0.29) is 0 Å². The number of fused-ring (bicyclic) bond motifs is 6. The van der Waals surface area contributed by atoms with Crippen LogP contribution in [0.1, 0.15) is 0 Å². The molecule has 2 heterocycles. The van der Waals surface area contributed by atoms with Crippen LogP contribution in [0.15, 0.2) is 243 Å². The number of para-hydroxylation sites is 2. The lowest BCUT2D eigenvalue weighted by Gasteiger charge is -2.14. The highest BCUT2D eigenvalue weighted by Crippen LogP contribution is 2.42. The Balaban J connectivity index is 1.03. The highest BCUT2D eigenvalue weighted by molar-refractivity contribution is 6.15. The Hall–Kier alpha value is -8.20. The molecule has 12 aromatic rings. The maximum Gasteiger partial charge on any atom is 0.0619 e. The van der Waals surface area contributed by atoms with Gasteiger partial charge in [0.15, 0.2) is 0 Å². The van der Waals surface area contributed by atoms with Gasteiger partial charge in [-0.3, -0.25) is 0 Å². The summed E-state index contributed by atoms with van der Waals surface area (Å²) < 4.78 is 4.90. The highest BCUT2D eigenvalue weighted by atomic mass is 15.0. The molecule has 0 spiro atoms. The summed E-state index contributed by atoms with van der Waals surface area (Å²) >= 11 is 0. The summed E-state index contributed by atoms with van der Waals surface area (Å²) in [5.41, 5.74) is 19.1. The molecule has 290 valence electrons. The van der Waals surface area contributed by atoms with Crippen LogP contribution in [-0.4, -0.2) is 9.13 Å². The van der Waals surface area contributed by atoms with Crippen molar-refractivity contribution in [2.75, 3.05) is 0 Å². The summed E-state index contributed by atoms with van der Waals surface area (Å²) in [6, 6.07) is 88.4. The van der Waals surface area contributed by atoms with E-state index in [0.717, 1.165) is 11.4 Å². The molecular weight excluding hydrogens is 749 g/mol. The molecule has 0 bridgehead atoms. The van der Waals surface area contributed by atoms with E-state index >= 15 is 0 Å². The van der Waals surface area contributed by atoms with Gasteiger partial charge in [0, 0.05) is 38.5 Å². The molecule has 12 rings (SSSR count). The zero-order valence-electron chi connectivity index (χ0n) is 34.0. The Morgan fingerprint density at radius 3 is 1.24 bits per heavy atom. The van der Waals surface area contributed by atoms with Gasteiger partial charge in [-0.25, -0.2) is 0 Å². The van der Waals surface area contributed by atoms with E-state index in [0.29, 0.717) is 0 Å². The Kier molecular flexibility index (Phi) is 8.53. The summed E-state index contributed by atoms with van der Waals surface area (Å²) in [6.07, 6.45) is 0. The van der Waals surface area contributed by atoms with Gasteiger partial charge < -0.3 is 9.13 Å². The summed E-state index contributed by atoms with van der Waals surface area (Å²) in [5.74, 6) is 0. The third kappa shape index (κ3) is 6.04. The molecule has 2 heteroatoms. The highest BCUT2D eigenvalue weighted by Gasteiger charge is 2.19.